The Labute approximate surface area is 153 Å². The molecule has 1 heteroatoms. The third kappa shape index (κ3) is 22.1. The van der Waals surface area contributed by atoms with Crippen LogP contribution < -0.4 is 0 Å². The summed E-state index contributed by atoms with van der Waals surface area (Å²) in [5.41, 5.74) is 0. The summed E-state index contributed by atoms with van der Waals surface area (Å²) >= 11 is 4.85. The molecule has 0 N–H and O–H groups in total. The smallest absolute Gasteiger partial charge is 0.0210 e. The van der Waals surface area contributed by atoms with Gasteiger partial charge in [-0.05, 0) is 18.2 Å². The van der Waals surface area contributed by atoms with Gasteiger partial charge in [-0.15, -0.1) is 0 Å². The van der Waals surface area contributed by atoms with Gasteiger partial charge < -0.3 is 0 Å². The average molecular weight is 341 g/mol. The van der Waals surface area contributed by atoms with Crippen molar-refractivity contribution in [3.63, 3.8) is 0 Å². The van der Waals surface area contributed by atoms with Gasteiger partial charge in [0.1, 0.15) is 0 Å². The molecule has 0 aromatic rings. The van der Waals surface area contributed by atoms with Crippen LogP contribution in [0.1, 0.15) is 135 Å². The van der Waals surface area contributed by atoms with Crippen molar-refractivity contribution in [1.29, 1.82) is 0 Å². The number of hydrogen-bond donors (Lipinski definition) is 0. The minimum Gasteiger partial charge on any atom is -0.0935 e. The Morgan fingerprint density at radius 1 is 0.435 bits per heavy atom. The van der Waals surface area contributed by atoms with E-state index in [1.54, 1.807) is 0 Å². The second-order valence-corrected chi connectivity index (χ2v) is 7.65. The van der Waals surface area contributed by atoms with Crippen LogP contribution in [0.4, 0.5) is 0 Å². The normalized spacial score (nSPS) is 11.0. The Hall–Kier alpha value is 0.0900. The lowest BCUT2D eigenvalue weighted by molar-refractivity contribution is 0.524. The molecule has 0 saturated heterocycles. The molecule has 0 heterocycles. The minimum absolute atomic E-state index is 1.13. The monoisotopic (exact) mass is 340 g/mol. The first kappa shape index (κ1) is 23.1. The van der Waals surface area contributed by atoms with Crippen LogP contribution in [-0.2, 0) is 0 Å². The SMILES string of the molecule is CCCCCCCCCCCCCCCCCCCCCC=S. The highest BCUT2D eigenvalue weighted by atomic mass is 32.1. The first-order valence-electron chi connectivity index (χ1n) is 10.9. The first-order chi connectivity index (χ1) is 11.4. The number of rotatable bonds is 20. The molecule has 23 heavy (non-hydrogen) atoms. The zero-order valence-electron chi connectivity index (χ0n) is 16.1. The molecule has 0 atom stereocenters. The van der Waals surface area contributed by atoms with E-state index in [1.807, 2.05) is 5.37 Å². The Morgan fingerprint density at radius 3 is 0.957 bits per heavy atom. The maximum absolute atomic E-state index is 4.85. The number of unbranched alkanes of at least 4 members (excludes halogenated alkanes) is 19. The molecule has 0 spiro atoms. The Balaban J connectivity index is 2.93. The van der Waals surface area contributed by atoms with Gasteiger partial charge in [0.25, 0.3) is 0 Å². The highest BCUT2D eigenvalue weighted by molar-refractivity contribution is 7.78. The third-order valence-corrected chi connectivity index (χ3v) is 5.16. The Morgan fingerprint density at radius 2 is 0.696 bits per heavy atom. The summed E-state index contributed by atoms with van der Waals surface area (Å²) in [6, 6.07) is 0. The summed E-state index contributed by atoms with van der Waals surface area (Å²) < 4.78 is 0. The summed E-state index contributed by atoms with van der Waals surface area (Å²) in [5.74, 6) is 0. The summed E-state index contributed by atoms with van der Waals surface area (Å²) in [5, 5.41) is 1.88. The van der Waals surface area contributed by atoms with Gasteiger partial charge in [0.15, 0.2) is 0 Å². The van der Waals surface area contributed by atoms with Crippen molar-refractivity contribution >= 4 is 17.6 Å². The van der Waals surface area contributed by atoms with Crippen molar-refractivity contribution in [2.24, 2.45) is 0 Å². The molecule has 0 aromatic carbocycles. The molecule has 0 unspecified atom stereocenters. The fraction of sp³-hybridized carbons (Fsp3) is 0.955. The molecule has 0 rings (SSSR count). The molecule has 0 nitrogen and oxygen atoms in total. The van der Waals surface area contributed by atoms with E-state index >= 15 is 0 Å². The molecule has 0 aliphatic heterocycles. The van der Waals surface area contributed by atoms with Gasteiger partial charge in [-0.3, -0.25) is 0 Å². The molecule has 0 aliphatic carbocycles. The van der Waals surface area contributed by atoms with Gasteiger partial charge in [-0.1, -0.05) is 135 Å². The van der Waals surface area contributed by atoms with E-state index in [4.69, 9.17) is 12.2 Å². The lowest BCUT2D eigenvalue weighted by atomic mass is 10.0. The molecule has 0 amide bonds. The highest BCUT2D eigenvalue weighted by Gasteiger charge is 1.95. The van der Waals surface area contributed by atoms with E-state index in [1.165, 1.54) is 122 Å². The van der Waals surface area contributed by atoms with Gasteiger partial charge in [-0.2, -0.15) is 0 Å². The summed E-state index contributed by atoms with van der Waals surface area (Å²) in [7, 11) is 0. The van der Waals surface area contributed by atoms with Crippen molar-refractivity contribution < 1.29 is 0 Å². The number of thiocarbonyl (C=S) groups is 1. The largest absolute Gasteiger partial charge is 0.0935 e. The van der Waals surface area contributed by atoms with Crippen LogP contribution in [0.3, 0.4) is 0 Å². The van der Waals surface area contributed by atoms with E-state index in [2.05, 4.69) is 6.92 Å². The maximum atomic E-state index is 4.85. The van der Waals surface area contributed by atoms with E-state index in [0.717, 1.165) is 6.42 Å². The fourth-order valence-corrected chi connectivity index (χ4v) is 3.47. The Kier molecular flexibility index (Phi) is 22.2. The second-order valence-electron chi connectivity index (χ2n) is 7.32. The van der Waals surface area contributed by atoms with Gasteiger partial charge in [0.05, 0.1) is 0 Å². The van der Waals surface area contributed by atoms with E-state index in [9.17, 15) is 0 Å². The minimum atomic E-state index is 1.13. The molecule has 0 bridgehead atoms. The third-order valence-electron chi connectivity index (χ3n) is 4.93. The fourth-order valence-electron chi connectivity index (χ4n) is 3.31. The van der Waals surface area contributed by atoms with Crippen molar-refractivity contribution in [2.45, 2.75) is 135 Å². The zero-order valence-corrected chi connectivity index (χ0v) is 16.9. The highest BCUT2D eigenvalue weighted by Crippen LogP contribution is 2.14. The van der Waals surface area contributed by atoms with Crippen LogP contribution in [-0.4, -0.2) is 5.37 Å². The van der Waals surface area contributed by atoms with Gasteiger partial charge in [-0.25, -0.2) is 0 Å². The molecule has 138 valence electrons. The van der Waals surface area contributed by atoms with E-state index in [-0.39, 0.29) is 0 Å². The van der Waals surface area contributed by atoms with E-state index < -0.39 is 0 Å². The van der Waals surface area contributed by atoms with Crippen molar-refractivity contribution in [3.8, 4) is 0 Å². The molecule has 0 radical (unpaired) electrons. The lowest BCUT2D eigenvalue weighted by Crippen LogP contribution is -1.84. The van der Waals surface area contributed by atoms with Crippen molar-refractivity contribution in [2.75, 3.05) is 0 Å². The Bertz CT molecular complexity index is 212. The molecular weight excluding hydrogens is 296 g/mol. The average Bonchev–Trinajstić information content (AvgIpc) is 2.57. The lowest BCUT2D eigenvalue weighted by Gasteiger charge is -2.03. The van der Waals surface area contributed by atoms with Crippen molar-refractivity contribution in [3.05, 3.63) is 0 Å². The first-order valence-corrected chi connectivity index (χ1v) is 11.3. The summed E-state index contributed by atoms with van der Waals surface area (Å²) in [4.78, 5) is 0. The number of hydrogen-bond acceptors (Lipinski definition) is 1. The van der Waals surface area contributed by atoms with Crippen LogP contribution in [0, 0.1) is 0 Å². The van der Waals surface area contributed by atoms with Crippen LogP contribution in [0.25, 0.3) is 0 Å². The standard InChI is InChI=1S/C22H44S/c1-2-3-4-5-6-7-8-9-10-11-12-13-14-15-16-17-18-19-20-21-22-23/h22H,2-21H2,1H3. The van der Waals surface area contributed by atoms with Crippen molar-refractivity contribution in [1.82, 2.24) is 0 Å². The quantitative estimate of drug-likeness (QED) is 0.157. The molecular formula is C22H44S. The van der Waals surface area contributed by atoms with Crippen LogP contribution >= 0.6 is 12.2 Å². The molecule has 0 fully saturated rings. The summed E-state index contributed by atoms with van der Waals surface area (Å²) in [6.07, 6.45) is 28.6. The van der Waals surface area contributed by atoms with Gasteiger partial charge >= 0.3 is 0 Å². The predicted molar refractivity (Wildman–Crippen MR) is 112 cm³/mol. The zero-order chi connectivity index (χ0) is 16.8. The van der Waals surface area contributed by atoms with Crippen LogP contribution in [0.5, 0.6) is 0 Å². The van der Waals surface area contributed by atoms with Gasteiger partial charge in [0, 0.05) is 0 Å². The molecule has 0 aromatic heterocycles. The predicted octanol–water partition coefficient (Wildman–Crippen LogP) is 8.81. The summed E-state index contributed by atoms with van der Waals surface area (Å²) in [6.45, 7) is 2.30. The van der Waals surface area contributed by atoms with Crippen LogP contribution in [0.15, 0.2) is 0 Å². The molecule has 0 aliphatic rings. The molecule has 0 saturated carbocycles. The maximum Gasteiger partial charge on any atom is -0.0210 e. The van der Waals surface area contributed by atoms with Gasteiger partial charge in [0.2, 0.25) is 0 Å². The van der Waals surface area contributed by atoms with E-state index in [0.29, 0.717) is 0 Å². The second kappa shape index (κ2) is 22.1. The topological polar surface area (TPSA) is 0 Å². The van der Waals surface area contributed by atoms with Crippen LogP contribution in [0.2, 0.25) is 0 Å².